The van der Waals surface area contributed by atoms with Crippen molar-refractivity contribution in [1.82, 2.24) is 14.5 Å². The van der Waals surface area contributed by atoms with Crippen molar-refractivity contribution >= 4 is 38.4 Å². The average Bonchev–Trinajstić information content (AvgIpc) is 3.30. The molecule has 1 aliphatic carbocycles. The van der Waals surface area contributed by atoms with Gasteiger partial charge in [0.1, 0.15) is 10.9 Å². The van der Waals surface area contributed by atoms with Crippen LogP contribution in [-0.2, 0) is 29.4 Å². The molecule has 6 heteroatoms. The molecule has 3 heterocycles. The van der Waals surface area contributed by atoms with Gasteiger partial charge in [-0.3, -0.25) is 4.79 Å². The summed E-state index contributed by atoms with van der Waals surface area (Å²) in [5, 5.41) is 1.21. The summed E-state index contributed by atoms with van der Waals surface area (Å²) in [6, 6.07) is 6.40. The van der Waals surface area contributed by atoms with Crippen molar-refractivity contribution < 1.29 is 9.53 Å². The lowest BCUT2D eigenvalue weighted by molar-refractivity contribution is -0.138. The predicted octanol–water partition coefficient (Wildman–Crippen LogP) is 6.48. The van der Waals surface area contributed by atoms with Crippen LogP contribution in [0, 0.1) is 6.92 Å². The molecule has 5 nitrogen and oxygen atoms in total. The molecule has 0 fully saturated rings. The lowest BCUT2D eigenvalue weighted by Crippen LogP contribution is -2.27. The van der Waals surface area contributed by atoms with E-state index in [9.17, 15) is 4.79 Å². The molecular weight excluding hydrogens is 430 g/mol. The van der Waals surface area contributed by atoms with Gasteiger partial charge in [0.2, 0.25) is 0 Å². The molecule has 33 heavy (non-hydrogen) atoms. The Balaban J connectivity index is 1.88. The van der Waals surface area contributed by atoms with E-state index in [4.69, 9.17) is 9.72 Å². The van der Waals surface area contributed by atoms with E-state index in [0.717, 1.165) is 51.1 Å². The lowest BCUT2D eigenvalue weighted by atomic mass is 9.87. The van der Waals surface area contributed by atoms with Crippen LogP contribution in [0.15, 0.2) is 24.5 Å². The Kier molecular flexibility index (Phi) is 5.41. The van der Waals surface area contributed by atoms with Gasteiger partial charge in [0, 0.05) is 34.1 Å². The van der Waals surface area contributed by atoms with E-state index in [2.05, 4.69) is 23.2 Å². The molecule has 1 aliphatic rings. The normalized spacial score (nSPS) is 15.2. The molecule has 0 aliphatic heterocycles. The summed E-state index contributed by atoms with van der Waals surface area (Å²) in [5.74, 6) is 0.00105. The van der Waals surface area contributed by atoms with Crippen LogP contribution in [-0.4, -0.2) is 25.9 Å². The minimum absolute atomic E-state index is 0.00105. The summed E-state index contributed by atoms with van der Waals surface area (Å²) >= 11 is 1.82. The fraction of sp³-hybridized carbons (Fsp3) is 0.444. The number of aromatic nitrogens is 3. The SMILES string of the molecule is CC(=O)C(OC(C)(C)C)c1c(C)nc2sc3c(c2c1-c1ccc2ncn(C)c2c1)CCCC3. The minimum Gasteiger partial charge on any atom is -0.360 e. The highest BCUT2D eigenvalue weighted by Gasteiger charge is 2.32. The van der Waals surface area contributed by atoms with Gasteiger partial charge >= 0.3 is 0 Å². The van der Waals surface area contributed by atoms with Gasteiger partial charge in [-0.25, -0.2) is 9.97 Å². The molecule has 0 amide bonds. The molecule has 0 bridgehead atoms. The molecule has 5 rings (SSSR count). The van der Waals surface area contributed by atoms with Crippen LogP contribution in [0.1, 0.15) is 68.3 Å². The van der Waals surface area contributed by atoms with Crippen molar-refractivity contribution in [2.24, 2.45) is 7.05 Å². The van der Waals surface area contributed by atoms with Crippen molar-refractivity contribution in [1.29, 1.82) is 0 Å². The van der Waals surface area contributed by atoms with Gasteiger partial charge < -0.3 is 9.30 Å². The fourth-order valence-corrected chi connectivity index (χ4v) is 6.33. The molecule has 1 atom stereocenters. The van der Waals surface area contributed by atoms with Crippen LogP contribution in [0.2, 0.25) is 0 Å². The topological polar surface area (TPSA) is 57.0 Å². The summed E-state index contributed by atoms with van der Waals surface area (Å²) in [4.78, 5) is 25.0. The number of ketones is 1. The van der Waals surface area contributed by atoms with E-state index in [1.165, 1.54) is 28.7 Å². The third kappa shape index (κ3) is 3.89. The van der Waals surface area contributed by atoms with E-state index in [1.807, 2.05) is 57.0 Å². The average molecular weight is 462 g/mol. The first kappa shape index (κ1) is 22.2. The van der Waals surface area contributed by atoms with E-state index in [-0.39, 0.29) is 5.78 Å². The van der Waals surface area contributed by atoms with Gasteiger partial charge in [0.15, 0.2) is 5.78 Å². The zero-order valence-corrected chi connectivity index (χ0v) is 21.1. The molecule has 0 radical (unpaired) electrons. The molecule has 0 N–H and O–H groups in total. The second kappa shape index (κ2) is 8.03. The first-order valence-electron chi connectivity index (χ1n) is 11.7. The Morgan fingerprint density at radius 2 is 1.97 bits per heavy atom. The van der Waals surface area contributed by atoms with Gasteiger partial charge in [-0.1, -0.05) is 6.07 Å². The summed E-state index contributed by atoms with van der Waals surface area (Å²) < 4.78 is 8.43. The van der Waals surface area contributed by atoms with Crippen LogP contribution in [0.3, 0.4) is 0 Å². The molecule has 3 aromatic heterocycles. The Labute approximate surface area is 198 Å². The molecular formula is C27H31N3O2S. The van der Waals surface area contributed by atoms with Crippen molar-refractivity contribution in [3.05, 3.63) is 46.2 Å². The van der Waals surface area contributed by atoms with Crippen LogP contribution >= 0.6 is 11.3 Å². The van der Waals surface area contributed by atoms with Crippen LogP contribution in [0.4, 0.5) is 0 Å². The maximum Gasteiger partial charge on any atom is 0.163 e. The van der Waals surface area contributed by atoms with E-state index < -0.39 is 11.7 Å². The van der Waals surface area contributed by atoms with E-state index in [0.29, 0.717) is 0 Å². The molecule has 0 saturated carbocycles. The molecule has 1 unspecified atom stereocenters. The first-order valence-corrected chi connectivity index (χ1v) is 12.5. The number of fused-ring (bicyclic) bond motifs is 4. The first-order chi connectivity index (χ1) is 15.6. The van der Waals surface area contributed by atoms with Crippen molar-refractivity contribution in [3.63, 3.8) is 0 Å². The predicted molar refractivity (Wildman–Crippen MR) is 135 cm³/mol. The minimum atomic E-state index is -0.668. The molecule has 4 aromatic rings. The Bertz CT molecular complexity index is 1390. The highest BCUT2D eigenvalue weighted by Crippen LogP contribution is 2.46. The van der Waals surface area contributed by atoms with Gasteiger partial charge in [-0.05, 0) is 83.6 Å². The van der Waals surface area contributed by atoms with Gasteiger partial charge in [-0.2, -0.15) is 0 Å². The van der Waals surface area contributed by atoms with Crippen molar-refractivity contribution in [2.45, 2.75) is 72.0 Å². The summed E-state index contributed by atoms with van der Waals surface area (Å²) in [6.45, 7) is 9.63. The number of imidazole rings is 1. The summed E-state index contributed by atoms with van der Waals surface area (Å²) in [6.07, 6.45) is 5.77. The van der Waals surface area contributed by atoms with Crippen molar-refractivity contribution in [3.8, 4) is 11.1 Å². The zero-order valence-electron chi connectivity index (χ0n) is 20.3. The summed E-state index contributed by atoms with van der Waals surface area (Å²) in [7, 11) is 2.01. The Hall–Kier alpha value is -2.57. The number of aryl methyl sites for hydroxylation is 4. The van der Waals surface area contributed by atoms with Gasteiger partial charge in [0.05, 0.1) is 23.0 Å². The number of Topliss-reactive ketones (excluding diaryl/α,β-unsaturated/α-hetero) is 1. The largest absolute Gasteiger partial charge is 0.360 e. The number of nitrogens with zero attached hydrogens (tertiary/aromatic N) is 3. The molecule has 172 valence electrons. The second-order valence-electron chi connectivity index (χ2n) is 10.2. The van der Waals surface area contributed by atoms with Gasteiger partial charge in [-0.15, -0.1) is 11.3 Å². The smallest absolute Gasteiger partial charge is 0.163 e. The second-order valence-corrected chi connectivity index (χ2v) is 11.2. The number of thiophene rings is 1. The number of carbonyl (C=O) groups excluding carboxylic acids is 1. The van der Waals surface area contributed by atoms with Gasteiger partial charge in [0.25, 0.3) is 0 Å². The quantitative estimate of drug-likeness (QED) is 0.349. The van der Waals surface area contributed by atoms with Crippen LogP contribution in [0.5, 0.6) is 0 Å². The Morgan fingerprint density at radius 3 is 2.70 bits per heavy atom. The number of pyridine rings is 1. The monoisotopic (exact) mass is 461 g/mol. The maximum atomic E-state index is 13.0. The molecule has 0 spiro atoms. The summed E-state index contributed by atoms with van der Waals surface area (Å²) in [5.41, 5.74) is 6.94. The fourth-order valence-electron chi connectivity index (χ4n) is 5.02. The lowest BCUT2D eigenvalue weighted by Gasteiger charge is -2.29. The number of carbonyl (C=O) groups is 1. The number of hydrogen-bond donors (Lipinski definition) is 0. The van der Waals surface area contributed by atoms with E-state index in [1.54, 1.807) is 6.92 Å². The number of hydrogen-bond acceptors (Lipinski definition) is 5. The van der Waals surface area contributed by atoms with Crippen molar-refractivity contribution in [2.75, 3.05) is 0 Å². The molecule has 1 aromatic carbocycles. The third-order valence-corrected chi connectivity index (χ3v) is 7.63. The standard InChI is InChI=1S/C27H31N3O2S/c1-15-22(25(16(2)31)32-27(3,4)5)23(17-11-12-19-20(13-17)30(6)14-28-19)24-18-9-7-8-10-21(18)33-26(24)29-15/h11-14,25H,7-10H2,1-6H3. The Morgan fingerprint density at radius 1 is 1.21 bits per heavy atom. The van der Waals surface area contributed by atoms with Crippen LogP contribution in [0.25, 0.3) is 32.4 Å². The highest BCUT2D eigenvalue weighted by molar-refractivity contribution is 7.19. The van der Waals surface area contributed by atoms with Crippen LogP contribution < -0.4 is 0 Å². The number of benzene rings is 1. The van der Waals surface area contributed by atoms with E-state index >= 15 is 0 Å². The zero-order chi connectivity index (χ0) is 23.5. The third-order valence-electron chi connectivity index (χ3n) is 6.45. The maximum absolute atomic E-state index is 13.0. The number of ether oxygens (including phenoxy) is 1. The number of rotatable bonds is 4. The molecule has 0 saturated heterocycles. The highest BCUT2D eigenvalue weighted by atomic mass is 32.1.